The summed E-state index contributed by atoms with van der Waals surface area (Å²) < 4.78 is 10.9. The molecular formula is C17H27N3O3. The van der Waals surface area contributed by atoms with Gasteiger partial charge in [0.2, 0.25) is 11.8 Å². The van der Waals surface area contributed by atoms with Crippen LogP contribution in [0.1, 0.15) is 75.9 Å². The summed E-state index contributed by atoms with van der Waals surface area (Å²) in [5.41, 5.74) is 0. The summed E-state index contributed by atoms with van der Waals surface area (Å²) in [6.45, 7) is 6.48. The molecule has 1 aromatic rings. The number of nitrogens with zero attached hydrogens (tertiary/aromatic N) is 3. The SMILES string of the molecule is CC(C)c1nc([C@H]2CCCN(C(=O)CC[C@@H]3CCCO3)C2)no1. The highest BCUT2D eigenvalue weighted by Crippen LogP contribution is 2.27. The smallest absolute Gasteiger partial charge is 0.229 e. The van der Waals surface area contributed by atoms with Crippen molar-refractivity contribution in [1.82, 2.24) is 15.0 Å². The van der Waals surface area contributed by atoms with E-state index in [-0.39, 0.29) is 23.8 Å². The molecule has 0 radical (unpaired) electrons. The fourth-order valence-electron chi connectivity index (χ4n) is 3.38. The van der Waals surface area contributed by atoms with Crippen LogP contribution >= 0.6 is 0 Å². The van der Waals surface area contributed by atoms with Gasteiger partial charge in [0.15, 0.2) is 5.82 Å². The molecule has 128 valence electrons. The maximum Gasteiger partial charge on any atom is 0.229 e. The molecule has 0 N–H and O–H groups in total. The molecule has 6 heteroatoms. The fourth-order valence-corrected chi connectivity index (χ4v) is 3.38. The number of ether oxygens (including phenoxy) is 1. The van der Waals surface area contributed by atoms with E-state index in [0.29, 0.717) is 18.9 Å². The van der Waals surface area contributed by atoms with E-state index >= 15 is 0 Å². The van der Waals surface area contributed by atoms with Crippen molar-refractivity contribution in [3.8, 4) is 0 Å². The van der Waals surface area contributed by atoms with Gasteiger partial charge in [-0.3, -0.25) is 4.79 Å². The molecule has 0 bridgehead atoms. The molecule has 0 unspecified atom stereocenters. The van der Waals surface area contributed by atoms with Crippen LogP contribution in [0.5, 0.6) is 0 Å². The summed E-state index contributed by atoms with van der Waals surface area (Å²) in [6, 6.07) is 0. The molecule has 23 heavy (non-hydrogen) atoms. The van der Waals surface area contributed by atoms with Crippen LogP contribution in [0.3, 0.4) is 0 Å². The molecule has 1 amide bonds. The summed E-state index contributed by atoms with van der Waals surface area (Å²) in [5.74, 6) is 2.11. The van der Waals surface area contributed by atoms with Crippen LogP contribution < -0.4 is 0 Å². The summed E-state index contributed by atoms with van der Waals surface area (Å²) in [5, 5.41) is 4.12. The Morgan fingerprint density at radius 3 is 2.91 bits per heavy atom. The second-order valence-corrected chi connectivity index (χ2v) is 7.00. The van der Waals surface area contributed by atoms with E-state index in [1.165, 1.54) is 0 Å². The summed E-state index contributed by atoms with van der Waals surface area (Å²) in [7, 11) is 0. The Hall–Kier alpha value is -1.43. The molecule has 1 aromatic heterocycles. The predicted molar refractivity (Wildman–Crippen MR) is 85.2 cm³/mol. The van der Waals surface area contributed by atoms with E-state index in [1.54, 1.807) is 0 Å². The van der Waals surface area contributed by atoms with Gasteiger partial charge in [0.25, 0.3) is 0 Å². The highest BCUT2D eigenvalue weighted by atomic mass is 16.5. The second kappa shape index (κ2) is 7.43. The number of carbonyl (C=O) groups is 1. The van der Waals surface area contributed by atoms with Crippen molar-refractivity contribution in [3.63, 3.8) is 0 Å². The van der Waals surface area contributed by atoms with Crippen LogP contribution in [0.4, 0.5) is 0 Å². The molecule has 3 heterocycles. The van der Waals surface area contributed by atoms with Gasteiger partial charge in [-0.05, 0) is 32.1 Å². The molecule has 6 nitrogen and oxygen atoms in total. The molecule has 0 aliphatic carbocycles. The summed E-state index contributed by atoms with van der Waals surface area (Å²) in [4.78, 5) is 18.9. The zero-order valence-corrected chi connectivity index (χ0v) is 14.2. The third kappa shape index (κ3) is 4.10. The lowest BCUT2D eigenvalue weighted by atomic mass is 9.96. The van der Waals surface area contributed by atoms with Gasteiger partial charge < -0.3 is 14.2 Å². The van der Waals surface area contributed by atoms with Crippen LogP contribution in [0.25, 0.3) is 0 Å². The van der Waals surface area contributed by atoms with Gasteiger partial charge in [0, 0.05) is 38.0 Å². The van der Waals surface area contributed by atoms with E-state index in [0.717, 1.165) is 51.1 Å². The Labute approximate surface area is 137 Å². The standard InChI is InChI=1S/C17H27N3O3/c1-12(2)17-18-16(19-23-17)13-5-3-9-20(11-13)15(21)8-7-14-6-4-10-22-14/h12-14H,3-11H2,1-2H3/t13-,14-/m0/s1. The first-order chi connectivity index (χ1) is 11.1. The number of hydrogen-bond acceptors (Lipinski definition) is 5. The van der Waals surface area contributed by atoms with E-state index in [2.05, 4.69) is 10.1 Å². The highest BCUT2D eigenvalue weighted by molar-refractivity contribution is 5.76. The molecule has 0 saturated carbocycles. The number of hydrogen-bond donors (Lipinski definition) is 0. The van der Waals surface area contributed by atoms with Gasteiger partial charge >= 0.3 is 0 Å². The minimum atomic E-state index is 0.201. The third-order valence-corrected chi connectivity index (χ3v) is 4.79. The first kappa shape index (κ1) is 16.4. The predicted octanol–water partition coefficient (Wildman–Crippen LogP) is 2.86. The molecule has 2 aliphatic rings. The molecular weight excluding hydrogens is 294 g/mol. The Bertz CT molecular complexity index is 523. The lowest BCUT2D eigenvalue weighted by Gasteiger charge is -2.31. The lowest BCUT2D eigenvalue weighted by molar-refractivity contribution is -0.133. The average Bonchev–Trinajstić information content (AvgIpc) is 3.24. The van der Waals surface area contributed by atoms with Crippen LogP contribution in [0.15, 0.2) is 4.52 Å². The van der Waals surface area contributed by atoms with Crippen LogP contribution in [-0.4, -0.2) is 46.7 Å². The fraction of sp³-hybridized carbons (Fsp3) is 0.824. The normalized spacial score (nSPS) is 25.3. The molecule has 0 aromatic carbocycles. The largest absolute Gasteiger partial charge is 0.378 e. The molecule has 2 atom stereocenters. The Morgan fingerprint density at radius 2 is 2.22 bits per heavy atom. The number of rotatable bonds is 5. The molecule has 0 spiro atoms. The van der Waals surface area contributed by atoms with Gasteiger partial charge in [0.1, 0.15) is 0 Å². The van der Waals surface area contributed by atoms with Gasteiger partial charge in [-0.1, -0.05) is 19.0 Å². The number of amides is 1. The van der Waals surface area contributed by atoms with Crippen molar-refractivity contribution in [3.05, 3.63) is 11.7 Å². The van der Waals surface area contributed by atoms with E-state index in [4.69, 9.17) is 9.26 Å². The van der Waals surface area contributed by atoms with Gasteiger partial charge in [-0.2, -0.15) is 4.98 Å². The zero-order valence-electron chi connectivity index (χ0n) is 14.2. The van der Waals surface area contributed by atoms with Crippen LogP contribution in [0.2, 0.25) is 0 Å². The quantitative estimate of drug-likeness (QED) is 0.834. The van der Waals surface area contributed by atoms with Crippen molar-refractivity contribution in [2.24, 2.45) is 0 Å². The maximum absolute atomic E-state index is 12.5. The minimum absolute atomic E-state index is 0.201. The first-order valence-electron chi connectivity index (χ1n) is 8.86. The molecule has 2 aliphatic heterocycles. The monoisotopic (exact) mass is 321 g/mol. The number of likely N-dealkylation sites (tertiary alicyclic amines) is 1. The Balaban J connectivity index is 1.53. The summed E-state index contributed by atoms with van der Waals surface area (Å²) in [6.07, 6.45) is 5.96. The molecule has 3 rings (SSSR count). The van der Waals surface area contributed by atoms with Gasteiger partial charge in [-0.25, -0.2) is 0 Å². The number of carbonyl (C=O) groups excluding carboxylic acids is 1. The molecule has 2 fully saturated rings. The maximum atomic E-state index is 12.5. The van der Waals surface area contributed by atoms with E-state index < -0.39 is 0 Å². The van der Waals surface area contributed by atoms with Crippen molar-refractivity contribution in [2.75, 3.05) is 19.7 Å². The lowest BCUT2D eigenvalue weighted by Crippen LogP contribution is -2.39. The second-order valence-electron chi connectivity index (χ2n) is 7.00. The van der Waals surface area contributed by atoms with E-state index in [9.17, 15) is 4.79 Å². The van der Waals surface area contributed by atoms with Crippen molar-refractivity contribution in [1.29, 1.82) is 0 Å². The third-order valence-electron chi connectivity index (χ3n) is 4.79. The van der Waals surface area contributed by atoms with Crippen molar-refractivity contribution >= 4 is 5.91 Å². The van der Waals surface area contributed by atoms with E-state index in [1.807, 2.05) is 18.7 Å². The van der Waals surface area contributed by atoms with Gasteiger partial charge in [0.05, 0.1) is 6.10 Å². The van der Waals surface area contributed by atoms with Crippen molar-refractivity contribution < 1.29 is 14.1 Å². The zero-order chi connectivity index (χ0) is 16.2. The van der Waals surface area contributed by atoms with Crippen molar-refractivity contribution in [2.45, 2.75) is 70.3 Å². The van der Waals surface area contributed by atoms with Crippen LogP contribution in [-0.2, 0) is 9.53 Å². The Morgan fingerprint density at radius 1 is 1.35 bits per heavy atom. The first-order valence-corrected chi connectivity index (χ1v) is 8.86. The number of aromatic nitrogens is 2. The molecule has 2 saturated heterocycles. The number of piperidine rings is 1. The Kier molecular flexibility index (Phi) is 5.30. The average molecular weight is 321 g/mol. The topological polar surface area (TPSA) is 68.5 Å². The van der Waals surface area contributed by atoms with Gasteiger partial charge in [-0.15, -0.1) is 0 Å². The minimum Gasteiger partial charge on any atom is -0.378 e. The summed E-state index contributed by atoms with van der Waals surface area (Å²) >= 11 is 0. The van der Waals surface area contributed by atoms with Crippen LogP contribution in [0, 0.1) is 0 Å². The highest BCUT2D eigenvalue weighted by Gasteiger charge is 2.28.